The standard InChI is InChI=1S/C20H27F3N2O2S/c1-17(2,3)28-25-15-5-4-13(20(21,22)23)12-14(15)16(26)24-18-6-9-19(27,10-7-18)11-8-18/h4-5,12,25,27H,6-11H2,1-3H3,(H,24,26). The number of hydrogen-bond donors (Lipinski definition) is 3. The summed E-state index contributed by atoms with van der Waals surface area (Å²) >= 11 is 1.35. The van der Waals surface area contributed by atoms with Crippen LogP contribution in [0.1, 0.15) is 75.2 Å². The molecule has 3 saturated carbocycles. The van der Waals surface area contributed by atoms with Crippen molar-refractivity contribution >= 4 is 23.5 Å². The molecule has 1 aromatic rings. The van der Waals surface area contributed by atoms with E-state index in [0.29, 0.717) is 44.2 Å². The molecular weight excluding hydrogens is 389 g/mol. The van der Waals surface area contributed by atoms with Crippen LogP contribution in [0.15, 0.2) is 18.2 Å². The van der Waals surface area contributed by atoms with Gasteiger partial charge in [0, 0.05) is 10.3 Å². The van der Waals surface area contributed by atoms with Crippen LogP contribution in [0.5, 0.6) is 0 Å². The van der Waals surface area contributed by atoms with Gasteiger partial charge in [0.2, 0.25) is 0 Å². The first-order chi connectivity index (χ1) is 12.8. The predicted molar refractivity (Wildman–Crippen MR) is 105 cm³/mol. The molecule has 1 aromatic carbocycles. The number of amides is 1. The quantitative estimate of drug-likeness (QED) is 0.596. The highest BCUT2D eigenvalue weighted by Crippen LogP contribution is 2.47. The lowest BCUT2D eigenvalue weighted by atomic mass is 9.63. The van der Waals surface area contributed by atoms with E-state index in [9.17, 15) is 23.1 Å². The molecule has 0 spiro atoms. The van der Waals surface area contributed by atoms with Crippen LogP contribution in [0.4, 0.5) is 18.9 Å². The number of nitrogens with one attached hydrogen (secondary N) is 2. The van der Waals surface area contributed by atoms with Crippen molar-refractivity contribution in [2.45, 2.75) is 81.4 Å². The second kappa shape index (κ2) is 7.13. The second-order valence-electron chi connectivity index (χ2n) is 9.03. The van der Waals surface area contributed by atoms with Gasteiger partial charge < -0.3 is 15.1 Å². The molecule has 0 saturated heterocycles. The van der Waals surface area contributed by atoms with E-state index >= 15 is 0 Å². The van der Waals surface area contributed by atoms with Crippen molar-refractivity contribution in [1.82, 2.24) is 5.32 Å². The van der Waals surface area contributed by atoms with Gasteiger partial charge in [-0.25, -0.2) is 0 Å². The molecule has 0 aliphatic heterocycles. The molecule has 0 radical (unpaired) electrons. The van der Waals surface area contributed by atoms with Crippen molar-refractivity contribution in [3.63, 3.8) is 0 Å². The first-order valence-corrected chi connectivity index (χ1v) is 10.3. The zero-order chi connectivity index (χ0) is 20.8. The number of anilines is 1. The van der Waals surface area contributed by atoms with Crippen LogP contribution in [0.2, 0.25) is 0 Å². The minimum absolute atomic E-state index is 0.00708. The predicted octanol–water partition coefficient (Wildman–Crippen LogP) is 5.13. The Balaban J connectivity index is 1.86. The lowest BCUT2D eigenvalue weighted by Crippen LogP contribution is -2.58. The van der Waals surface area contributed by atoms with E-state index in [1.54, 1.807) is 0 Å². The van der Waals surface area contributed by atoms with Crippen LogP contribution in [-0.2, 0) is 6.18 Å². The SMILES string of the molecule is CC(C)(C)SNc1ccc(C(F)(F)F)cc1C(=O)NC12CCC(O)(CC1)CC2. The maximum atomic E-state index is 13.2. The van der Waals surface area contributed by atoms with Crippen molar-refractivity contribution in [1.29, 1.82) is 0 Å². The van der Waals surface area contributed by atoms with Crippen LogP contribution in [0, 0.1) is 0 Å². The Morgan fingerprint density at radius 2 is 1.64 bits per heavy atom. The molecule has 3 N–H and O–H groups in total. The van der Waals surface area contributed by atoms with Crippen LogP contribution in [0.3, 0.4) is 0 Å². The fourth-order valence-corrected chi connectivity index (χ4v) is 4.46. The van der Waals surface area contributed by atoms with Crippen molar-refractivity contribution in [3.8, 4) is 0 Å². The average Bonchev–Trinajstić information content (AvgIpc) is 2.60. The van der Waals surface area contributed by atoms with Crippen LogP contribution in [-0.4, -0.2) is 26.9 Å². The molecule has 1 amide bonds. The topological polar surface area (TPSA) is 61.4 Å². The van der Waals surface area contributed by atoms with Crippen molar-refractivity contribution in [2.24, 2.45) is 0 Å². The van der Waals surface area contributed by atoms with E-state index < -0.39 is 28.8 Å². The zero-order valence-electron chi connectivity index (χ0n) is 16.4. The van der Waals surface area contributed by atoms with Crippen LogP contribution in [0.25, 0.3) is 0 Å². The van der Waals surface area contributed by atoms with Gasteiger partial charge in [-0.05, 0) is 89.4 Å². The first kappa shape index (κ1) is 21.3. The number of fused-ring (bicyclic) bond motifs is 3. The Kier molecular flexibility index (Phi) is 5.42. The summed E-state index contributed by atoms with van der Waals surface area (Å²) in [6.45, 7) is 5.91. The number of benzene rings is 1. The highest BCUT2D eigenvalue weighted by Gasteiger charge is 2.48. The molecule has 0 heterocycles. The molecule has 156 valence electrons. The Labute approximate surface area is 167 Å². The molecule has 4 nitrogen and oxygen atoms in total. The van der Waals surface area contributed by atoms with Gasteiger partial charge in [-0.1, -0.05) is 0 Å². The summed E-state index contributed by atoms with van der Waals surface area (Å²) in [4.78, 5) is 13.0. The van der Waals surface area contributed by atoms with Crippen LogP contribution >= 0.6 is 11.9 Å². The maximum Gasteiger partial charge on any atom is 0.416 e. The number of aliphatic hydroxyl groups is 1. The Morgan fingerprint density at radius 1 is 1.07 bits per heavy atom. The summed E-state index contributed by atoms with van der Waals surface area (Å²) in [5.41, 5.74) is -1.57. The Morgan fingerprint density at radius 3 is 2.14 bits per heavy atom. The van der Waals surface area contributed by atoms with Gasteiger partial charge >= 0.3 is 6.18 Å². The largest absolute Gasteiger partial charge is 0.416 e. The number of carbonyl (C=O) groups is 1. The van der Waals surface area contributed by atoms with E-state index in [1.807, 2.05) is 20.8 Å². The molecule has 3 aliphatic rings. The molecule has 28 heavy (non-hydrogen) atoms. The molecule has 2 bridgehead atoms. The summed E-state index contributed by atoms with van der Waals surface area (Å²) in [6, 6.07) is 3.22. The molecule has 4 rings (SSSR count). The molecule has 8 heteroatoms. The highest BCUT2D eigenvalue weighted by atomic mass is 32.2. The van der Waals surface area contributed by atoms with Gasteiger partial charge in [-0.2, -0.15) is 13.2 Å². The monoisotopic (exact) mass is 416 g/mol. The van der Waals surface area contributed by atoms with E-state index in [0.717, 1.165) is 12.1 Å². The van der Waals surface area contributed by atoms with Crippen LogP contribution < -0.4 is 10.0 Å². The summed E-state index contributed by atoms with van der Waals surface area (Å²) in [6.07, 6.45) is -0.743. The van der Waals surface area contributed by atoms with Gasteiger partial charge in [0.15, 0.2) is 0 Å². The molecule has 3 aliphatic carbocycles. The summed E-state index contributed by atoms with van der Waals surface area (Å²) in [5.74, 6) is -0.504. The summed E-state index contributed by atoms with van der Waals surface area (Å²) < 4.78 is 42.5. The van der Waals surface area contributed by atoms with Crippen molar-refractivity contribution < 1.29 is 23.1 Å². The molecule has 0 unspecified atom stereocenters. The minimum atomic E-state index is -4.52. The molecule has 0 aromatic heterocycles. The number of hydrogen-bond acceptors (Lipinski definition) is 4. The smallest absolute Gasteiger partial charge is 0.390 e. The lowest BCUT2D eigenvalue weighted by Gasteiger charge is -2.51. The maximum absolute atomic E-state index is 13.2. The van der Waals surface area contributed by atoms with Crippen molar-refractivity contribution in [3.05, 3.63) is 29.3 Å². The lowest BCUT2D eigenvalue weighted by molar-refractivity contribution is -0.137. The summed E-state index contributed by atoms with van der Waals surface area (Å²) in [7, 11) is 0. The third-order valence-corrected chi connectivity index (χ3v) is 6.58. The number of alkyl halides is 3. The normalized spacial score (nSPS) is 27.5. The molecule has 3 fully saturated rings. The minimum Gasteiger partial charge on any atom is -0.390 e. The van der Waals surface area contributed by atoms with Crippen molar-refractivity contribution in [2.75, 3.05) is 4.72 Å². The molecular formula is C20H27F3N2O2S. The number of carbonyl (C=O) groups excluding carboxylic acids is 1. The average molecular weight is 417 g/mol. The van der Waals surface area contributed by atoms with E-state index in [4.69, 9.17) is 0 Å². The summed E-state index contributed by atoms with van der Waals surface area (Å²) in [5, 5.41) is 13.4. The Hall–Kier alpha value is -1.41. The zero-order valence-corrected chi connectivity index (χ0v) is 17.2. The second-order valence-corrected chi connectivity index (χ2v) is 10.7. The van der Waals surface area contributed by atoms with Gasteiger partial charge in [0.25, 0.3) is 5.91 Å². The van der Waals surface area contributed by atoms with E-state index in [2.05, 4.69) is 10.0 Å². The van der Waals surface area contributed by atoms with Gasteiger partial charge in [-0.15, -0.1) is 0 Å². The third kappa shape index (κ3) is 4.76. The molecule has 0 atom stereocenters. The van der Waals surface area contributed by atoms with E-state index in [1.165, 1.54) is 18.0 Å². The Bertz CT molecular complexity index is 734. The fraction of sp³-hybridized carbons (Fsp3) is 0.650. The fourth-order valence-electron chi connectivity index (χ4n) is 3.87. The first-order valence-electron chi connectivity index (χ1n) is 9.51. The van der Waals surface area contributed by atoms with E-state index in [-0.39, 0.29) is 10.3 Å². The van der Waals surface area contributed by atoms with Gasteiger partial charge in [0.05, 0.1) is 22.4 Å². The third-order valence-electron chi connectivity index (χ3n) is 5.64. The van der Waals surface area contributed by atoms with Gasteiger partial charge in [-0.3, -0.25) is 4.79 Å². The number of rotatable bonds is 4. The number of halogens is 3. The van der Waals surface area contributed by atoms with Gasteiger partial charge in [0.1, 0.15) is 0 Å². The highest BCUT2D eigenvalue weighted by molar-refractivity contribution is 8.01.